The van der Waals surface area contributed by atoms with Crippen LogP contribution >= 0.6 is 0 Å². The summed E-state index contributed by atoms with van der Waals surface area (Å²) in [5.74, 6) is 1.29. The summed E-state index contributed by atoms with van der Waals surface area (Å²) >= 11 is 0. The van der Waals surface area contributed by atoms with Crippen molar-refractivity contribution in [1.82, 2.24) is 5.32 Å². The quantitative estimate of drug-likeness (QED) is 0.337. The maximum absolute atomic E-state index is 11.9. The zero-order valence-corrected chi connectivity index (χ0v) is 18.2. The third kappa shape index (κ3) is 8.65. The fraction of sp³-hybridized carbons (Fsp3) is 0.318. The highest BCUT2D eigenvalue weighted by Crippen LogP contribution is 2.17. The number of rotatable bonds is 8. The predicted molar refractivity (Wildman–Crippen MR) is 120 cm³/mol. The Hall–Kier alpha value is -3.75. The molecule has 0 heterocycles. The largest absolute Gasteiger partial charge is 0.497 e. The second-order valence-corrected chi connectivity index (χ2v) is 7.59. The van der Waals surface area contributed by atoms with Crippen molar-refractivity contribution in [1.29, 1.82) is 0 Å². The minimum absolute atomic E-state index is 0.0811. The van der Waals surface area contributed by atoms with Gasteiger partial charge >= 0.3 is 6.09 Å². The van der Waals surface area contributed by atoms with Gasteiger partial charge in [0.25, 0.3) is 0 Å². The van der Waals surface area contributed by atoms with Gasteiger partial charge in [0.2, 0.25) is 5.96 Å². The molecule has 9 nitrogen and oxygen atoms in total. The van der Waals surface area contributed by atoms with E-state index in [9.17, 15) is 4.79 Å². The van der Waals surface area contributed by atoms with Gasteiger partial charge in [0.15, 0.2) is 0 Å². The van der Waals surface area contributed by atoms with Gasteiger partial charge in [0, 0.05) is 0 Å². The number of benzene rings is 2. The number of alkyl carbamates (subject to hydrolysis) is 1. The van der Waals surface area contributed by atoms with Gasteiger partial charge in [-0.15, -0.1) is 10.2 Å². The van der Waals surface area contributed by atoms with Gasteiger partial charge < -0.3 is 31.0 Å². The predicted octanol–water partition coefficient (Wildman–Crippen LogP) is 2.78. The third-order valence-electron chi connectivity index (χ3n) is 3.84. The Labute approximate surface area is 182 Å². The number of nitrogens with zero attached hydrogens (tertiary/aromatic N) is 2. The Morgan fingerprint density at radius 3 is 2.13 bits per heavy atom. The maximum Gasteiger partial charge on any atom is 0.407 e. The molecule has 9 heteroatoms. The highest BCUT2D eigenvalue weighted by atomic mass is 16.6. The van der Waals surface area contributed by atoms with Gasteiger partial charge in [0.1, 0.15) is 23.7 Å². The first-order valence-corrected chi connectivity index (χ1v) is 9.65. The van der Waals surface area contributed by atoms with Gasteiger partial charge in [-0.1, -0.05) is 12.1 Å². The van der Waals surface area contributed by atoms with Crippen LogP contribution in [0.15, 0.2) is 58.7 Å². The van der Waals surface area contributed by atoms with E-state index in [0.717, 1.165) is 16.9 Å². The molecule has 0 saturated heterocycles. The lowest BCUT2D eigenvalue weighted by molar-refractivity contribution is 0.0536. The van der Waals surface area contributed by atoms with Crippen molar-refractivity contribution in [2.45, 2.75) is 33.0 Å². The van der Waals surface area contributed by atoms with E-state index >= 15 is 0 Å². The van der Waals surface area contributed by atoms with Gasteiger partial charge in [-0.05, 0) is 68.3 Å². The summed E-state index contributed by atoms with van der Waals surface area (Å²) in [6.45, 7) is 5.85. The van der Waals surface area contributed by atoms with Crippen LogP contribution in [-0.4, -0.2) is 37.0 Å². The Morgan fingerprint density at radius 2 is 1.58 bits per heavy atom. The molecule has 0 unspecified atom stereocenters. The first-order chi connectivity index (χ1) is 14.7. The van der Waals surface area contributed by atoms with Gasteiger partial charge in [-0.3, -0.25) is 0 Å². The molecule has 2 rings (SSSR count). The molecule has 2 aromatic carbocycles. The van der Waals surface area contributed by atoms with Crippen molar-refractivity contribution in [3.63, 3.8) is 0 Å². The first kappa shape index (κ1) is 23.5. The normalized spacial score (nSPS) is 11.4. The Morgan fingerprint density at radius 1 is 0.968 bits per heavy atom. The SMILES string of the molecule is COc1ccc(COc2ccc(/C(CNC(=O)OC(C)(C)C)=N/N=C(N)N)cc2)cc1. The second kappa shape index (κ2) is 10.9. The number of ether oxygens (including phenoxy) is 3. The number of nitrogens with one attached hydrogen (secondary N) is 1. The van der Waals surface area contributed by atoms with Crippen LogP contribution < -0.4 is 26.3 Å². The third-order valence-corrected chi connectivity index (χ3v) is 3.84. The molecule has 0 bridgehead atoms. The smallest absolute Gasteiger partial charge is 0.407 e. The lowest BCUT2D eigenvalue weighted by atomic mass is 10.1. The van der Waals surface area contributed by atoms with Crippen molar-refractivity contribution in [3.05, 3.63) is 59.7 Å². The average molecular weight is 428 g/mol. The lowest BCUT2D eigenvalue weighted by Gasteiger charge is -2.19. The fourth-order valence-electron chi connectivity index (χ4n) is 2.42. The van der Waals surface area contributed by atoms with Gasteiger partial charge in [-0.2, -0.15) is 0 Å². The molecule has 0 saturated carbocycles. The molecule has 0 spiro atoms. The molecule has 2 aromatic rings. The number of amides is 1. The van der Waals surface area contributed by atoms with Crippen LogP contribution in [0.3, 0.4) is 0 Å². The van der Waals surface area contributed by atoms with Crippen LogP contribution in [0.25, 0.3) is 0 Å². The topological polar surface area (TPSA) is 134 Å². The van der Waals surface area contributed by atoms with Crippen molar-refractivity contribution in [2.24, 2.45) is 21.7 Å². The molecule has 0 aliphatic rings. The molecule has 31 heavy (non-hydrogen) atoms. The van der Waals surface area contributed by atoms with Crippen LogP contribution in [0.5, 0.6) is 11.5 Å². The molecule has 1 amide bonds. The van der Waals surface area contributed by atoms with E-state index < -0.39 is 11.7 Å². The molecule has 0 atom stereocenters. The van der Waals surface area contributed by atoms with E-state index in [1.165, 1.54) is 0 Å². The van der Waals surface area contributed by atoms with Crippen molar-refractivity contribution in [2.75, 3.05) is 13.7 Å². The highest BCUT2D eigenvalue weighted by Gasteiger charge is 2.16. The van der Waals surface area contributed by atoms with Gasteiger partial charge in [0.05, 0.1) is 19.4 Å². The summed E-state index contributed by atoms with van der Waals surface area (Å²) in [6, 6.07) is 14.9. The lowest BCUT2D eigenvalue weighted by Crippen LogP contribution is -2.35. The number of carbonyl (C=O) groups excluding carboxylic acids is 1. The molecule has 166 valence electrons. The number of hydrogen-bond donors (Lipinski definition) is 3. The fourth-order valence-corrected chi connectivity index (χ4v) is 2.42. The molecular weight excluding hydrogens is 398 g/mol. The minimum Gasteiger partial charge on any atom is -0.497 e. The maximum atomic E-state index is 11.9. The van der Waals surface area contributed by atoms with E-state index in [2.05, 4.69) is 15.5 Å². The summed E-state index contributed by atoms with van der Waals surface area (Å²) in [7, 11) is 1.63. The number of hydrogen-bond acceptors (Lipinski definition) is 6. The van der Waals surface area contributed by atoms with Gasteiger partial charge in [-0.25, -0.2) is 4.79 Å². The van der Waals surface area contributed by atoms with E-state index in [1.807, 2.05) is 24.3 Å². The molecule has 5 N–H and O–H groups in total. The van der Waals surface area contributed by atoms with Crippen molar-refractivity contribution < 1.29 is 19.0 Å². The van der Waals surface area contributed by atoms with Crippen LogP contribution in [-0.2, 0) is 11.3 Å². The summed E-state index contributed by atoms with van der Waals surface area (Å²) in [4.78, 5) is 11.9. The summed E-state index contributed by atoms with van der Waals surface area (Å²) < 4.78 is 16.2. The van der Waals surface area contributed by atoms with Crippen LogP contribution in [0.1, 0.15) is 31.9 Å². The molecule has 0 radical (unpaired) electrons. The van der Waals surface area contributed by atoms with E-state index in [-0.39, 0.29) is 12.5 Å². The molecule has 0 aliphatic heterocycles. The molecule has 0 fully saturated rings. The Kier molecular flexibility index (Phi) is 8.25. The monoisotopic (exact) mass is 427 g/mol. The van der Waals surface area contributed by atoms with E-state index in [1.54, 1.807) is 52.1 Å². The van der Waals surface area contributed by atoms with Crippen molar-refractivity contribution >= 4 is 17.8 Å². The van der Waals surface area contributed by atoms with E-state index in [0.29, 0.717) is 18.1 Å². The highest BCUT2D eigenvalue weighted by molar-refractivity contribution is 6.03. The molecule has 0 aliphatic carbocycles. The zero-order valence-electron chi connectivity index (χ0n) is 18.2. The number of carbonyl (C=O) groups is 1. The molecular formula is C22H29N5O4. The molecule has 0 aromatic heterocycles. The van der Waals surface area contributed by atoms with Crippen LogP contribution in [0.4, 0.5) is 4.79 Å². The summed E-state index contributed by atoms with van der Waals surface area (Å²) in [5, 5.41) is 10.4. The van der Waals surface area contributed by atoms with Crippen LogP contribution in [0, 0.1) is 0 Å². The van der Waals surface area contributed by atoms with Crippen molar-refractivity contribution in [3.8, 4) is 11.5 Å². The number of nitrogens with two attached hydrogens (primary N) is 2. The van der Waals surface area contributed by atoms with E-state index in [4.69, 9.17) is 25.7 Å². The standard InChI is InChI=1S/C22H29N5O4/c1-22(2,3)31-21(28)25-13-19(26-27-20(23)24)16-7-11-18(12-8-16)30-14-15-5-9-17(29-4)10-6-15/h5-12H,13-14H2,1-4H3,(H,25,28)(H4,23,24,27)/b26-19+. The average Bonchev–Trinajstić information content (AvgIpc) is 2.72. The number of guanidine groups is 1. The summed E-state index contributed by atoms with van der Waals surface area (Å²) in [5.41, 5.74) is 12.3. The first-order valence-electron chi connectivity index (χ1n) is 9.65. The number of methoxy groups -OCH3 is 1. The van der Waals surface area contributed by atoms with Crippen LogP contribution in [0.2, 0.25) is 0 Å². The minimum atomic E-state index is -0.607. The second-order valence-electron chi connectivity index (χ2n) is 7.59. The Balaban J connectivity index is 2.04. The zero-order chi connectivity index (χ0) is 22.9. The Bertz CT molecular complexity index is 912. The summed E-state index contributed by atoms with van der Waals surface area (Å²) in [6.07, 6.45) is -0.565.